The van der Waals surface area contributed by atoms with Gasteiger partial charge in [-0.2, -0.15) is 4.98 Å². The Morgan fingerprint density at radius 2 is 2.36 bits per heavy atom. The SMILES string of the molecule is CCCNc1nc(CC(C)OC)no1. The number of rotatable bonds is 6. The van der Waals surface area contributed by atoms with Crippen molar-refractivity contribution in [2.24, 2.45) is 0 Å². The van der Waals surface area contributed by atoms with Crippen molar-refractivity contribution in [2.75, 3.05) is 19.0 Å². The van der Waals surface area contributed by atoms with E-state index in [4.69, 9.17) is 9.26 Å². The highest BCUT2D eigenvalue weighted by Crippen LogP contribution is 2.06. The molecule has 1 N–H and O–H groups in total. The largest absolute Gasteiger partial charge is 0.381 e. The first-order valence-corrected chi connectivity index (χ1v) is 4.85. The summed E-state index contributed by atoms with van der Waals surface area (Å²) in [6.45, 7) is 4.90. The maximum Gasteiger partial charge on any atom is 0.321 e. The minimum absolute atomic E-state index is 0.117. The van der Waals surface area contributed by atoms with Crippen LogP contribution in [0.5, 0.6) is 0 Å². The van der Waals surface area contributed by atoms with Gasteiger partial charge in [0.05, 0.1) is 6.10 Å². The summed E-state index contributed by atoms with van der Waals surface area (Å²) in [5, 5.41) is 6.85. The van der Waals surface area contributed by atoms with E-state index >= 15 is 0 Å². The molecule has 0 aliphatic heterocycles. The molecule has 1 atom stereocenters. The van der Waals surface area contributed by atoms with Gasteiger partial charge in [0, 0.05) is 20.1 Å². The smallest absolute Gasteiger partial charge is 0.321 e. The van der Waals surface area contributed by atoms with Crippen LogP contribution < -0.4 is 5.32 Å². The summed E-state index contributed by atoms with van der Waals surface area (Å²) < 4.78 is 10.1. The first-order valence-electron chi connectivity index (χ1n) is 4.85. The second-order valence-corrected chi connectivity index (χ2v) is 3.19. The van der Waals surface area contributed by atoms with Gasteiger partial charge in [-0.05, 0) is 13.3 Å². The molecule has 14 heavy (non-hydrogen) atoms. The van der Waals surface area contributed by atoms with E-state index in [1.807, 2.05) is 6.92 Å². The van der Waals surface area contributed by atoms with Gasteiger partial charge in [-0.3, -0.25) is 0 Å². The Hall–Kier alpha value is -1.10. The van der Waals surface area contributed by atoms with Crippen LogP contribution >= 0.6 is 0 Å². The summed E-state index contributed by atoms with van der Waals surface area (Å²) in [6.07, 6.45) is 1.83. The lowest BCUT2D eigenvalue weighted by atomic mass is 10.3. The summed E-state index contributed by atoms with van der Waals surface area (Å²) in [4.78, 5) is 4.17. The Balaban J connectivity index is 2.42. The zero-order valence-corrected chi connectivity index (χ0v) is 8.91. The molecule has 0 saturated heterocycles. The zero-order chi connectivity index (χ0) is 10.4. The van der Waals surface area contributed by atoms with Crippen LogP contribution in [-0.4, -0.2) is 29.9 Å². The fraction of sp³-hybridized carbons (Fsp3) is 0.778. The maximum atomic E-state index is 5.10. The van der Waals surface area contributed by atoms with Crippen LogP contribution in [0.25, 0.3) is 0 Å². The van der Waals surface area contributed by atoms with Gasteiger partial charge in [-0.25, -0.2) is 0 Å². The van der Waals surface area contributed by atoms with E-state index in [2.05, 4.69) is 22.4 Å². The van der Waals surface area contributed by atoms with Crippen molar-refractivity contribution in [2.45, 2.75) is 32.8 Å². The predicted molar refractivity (Wildman–Crippen MR) is 53.3 cm³/mol. The normalized spacial score (nSPS) is 12.8. The summed E-state index contributed by atoms with van der Waals surface area (Å²) in [7, 11) is 1.67. The van der Waals surface area contributed by atoms with Crippen LogP contribution in [0.1, 0.15) is 26.1 Å². The van der Waals surface area contributed by atoms with Gasteiger partial charge < -0.3 is 14.6 Å². The minimum atomic E-state index is 0.117. The summed E-state index contributed by atoms with van der Waals surface area (Å²) in [5.74, 6) is 0.679. The molecule has 0 spiro atoms. The average molecular weight is 199 g/mol. The molecule has 80 valence electrons. The molecule has 5 nitrogen and oxygen atoms in total. The van der Waals surface area contributed by atoms with Crippen LogP contribution in [0.15, 0.2) is 4.52 Å². The van der Waals surface area contributed by atoms with E-state index in [9.17, 15) is 0 Å². The third kappa shape index (κ3) is 3.33. The van der Waals surface area contributed by atoms with Crippen LogP contribution in [0, 0.1) is 0 Å². The van der Waals surface area contributed by atoms with Crippen molar-refractivity contribution >= 4 is 6.01 Å². The van der Waals surface area contributed by atoms with Crippen molar-refractivity contribution in [1.29, 1.82) is 0 Å². The predicted octanol–water partition coefficient (Wildman–Crippen LogP) is 1.47. The fourth-order valence-corrected chi connectivity index (χ4v) is 0.981. The quantitative estimate of drug-likeness (QED) is 0.751. The maximum absolute atomic E-state index is 5.10. The number of aromatic nitrogens is 2. The molecule has 0 amide bonds. The van der Waals surface area contributed by atoms with Crippen LogP contribution in [-0.2, 0) is 11.2 Å². The number of hydrogen-bond donors (Lipinski definition) is 1. The van der Waals surface area contributed by atoms with Crippen LogP contribution in [0.2, 0.25) is 0 Å². The highest BCUT2D eigenvalue weighted by atomic mass is 16.5. The number of hydrogen-bond acceptors (Lipinski definition) is 5. The highest BCUT2D eigenvalue weighted by Gasteiger charge is 2.08. The summed E-state index contributed by atoms with van der Waals surface area (Å²) in [6, 6.07) is 0.491. The molecule has 0 aromatic carbocycles. The molecule has 5 heteroatoms. The van der Waals surface area contributed by atoms with Gasteiger partial charge in [0.15, 0.2) is 5.82 Å². The summed E-state index contributed by atoms with van der Waals surface area (Å²) in [5.41, 5.74) is 0. The topological polar surface area (TPSA) is 60.2 Å². The molecule has 1 unspecified atom stereocenters. The number of nitrogens with one attached hydrogen (secondary N) is 1. The Labute approximate surface area is 83.8 Å². The molecule has 1 rings (SSSR count). The molecule has 0 bridgehead atoms. The number of anilines is 1. The second kappa shape index (κ2) is 5.59. The zero-order valence-electron chi connectivity index (χ0n) is 8.91. The number of nitrogens with zero attached hydrogens (tertiary/aromatic N) is 2. The van der Waals surface area contributed by atoms with E-state index in [0.29, 0.717) is 18.3 Å². The van der Waals surface area contributed by atoms with Crippen molar-refractivity contribution in [3.05, 3.63) is 5.82 Å². The first-order chi connectivity index (χ1) is 6.76. The van der Waals surface area contributed by atoms with Gasteiger partial charge in [0.25, 0.3) is 0 Å². The molecule has 1 heterocycles. The molecule has 0 radical (unpaired) electrons. The molecular formula is C9H17N3O2. The van der Waals surface area contributed by atoms with Crippen molar-refractivity contribution < 1.29 is 9.26 Å². The first kappa shape index (κ1) is 11.0. The third-order valence-corrected chi connectivity index (χ3v) is 1.87. The van der Waals surface area contributed by atoms with Crippen molar-refractivity contribution in [3.8, 4) is 0 Å². The lowest BCUT2D eigenvalue weighted by molar-refractivity contribution is 0.116. The number of ether oxygens (including phenoxy) is 1. The lowest BCUT2D eigenvalue weighted by Crippen LogP contribution is -2.09. The van der Waals surface area contributed by atoms with E-state index in [1.54, 1.807) is 7.11 Å². The van der Waals surface area contributed by atoms with E-state index < -0.39 is 0 Å². The molecule has 0 saturated carbocycles. The molecule has 0 aliphatic rings. The molecule has 0 aliphatic carbocycles. The van der Waals surface area contributed by atoms with Gasteiger partial charge in [0.1, 0.15) is 0 Å². The lowest BCUT2D eigenvalue weighted by Gasteiger charge is -2.03. The van der Waals surface area contributed by atoms with E-state index in [1.165, 1.54) is 0 Å². The molecule has 0 fully saturated rings. The minimum Gasteiger partial charge on any atom is -0.381 e. The van der Waals surface area contributed by atoms with Gasteiger partial charge >= 0.3 is 6.01 Å². The van der Waals surface area contributed by atoms with E-state index in [-0.39, 0.29) is 6.10 Å². The molecule has 1 aromatic heterocycles. The van der Waals surface area contributed by atoms with Crippen molar-refractivity contribution in [1.82, 2.24) is 10.1 Å². The van der Waals surface area contributed by atoms with E-state index in [0.717, 1.165) is 13.0 Å². The Kier molecular flexibility index (Phi) is 4.39. The Morgan fingerprint density at radius 3 is 3.00 bits per heavy atom. The highest BCUT2D eigenvalue weighted by molar-refractivity contribution is 5.17. The second-order valence-electron chi connectivity index (χ2n) is 3.19. The van der Waals surface area contributed by atoms with Gasteiger partial charge in [0.2, 0.25) is 0 Å². The summed E-state index contributed by atoms with van der Waals surface area (Å²) >= 11 is 0. The standard InChI is InChI=1S/C9H17N3O2/c1-4-5-10-9-11-8(12-14-9)6-7(2)13-3/h7H,4-6H2,1-3H3,(H,10,11,12). The van der Waals surface area contributed by atoms with Crippen LogP contribution in [0.4, 0.5) is 6.01 Å². The van der Waals surface area contributed by atoms with Crippen molar-refractivity contribution in [3.63, 3.8) is 0 Å². The average Bonchev–Trinajstić information content (AvgIpc) is 2.62. The Bertz CT molecular complexity index is 262. The fourth-order valence-electron chi connectivity index (χ4n) is 0.981. The third-order valence-electron chi connectivity index (χ3n) is 1.87. The molecular weight excluding hydrogens is 182 g/mol. The monoisotopic (exact) mass is 199 g/mol. The number of methoxy groups -OCH3 is 1. The van der Waals surface area contributed by atoms with Gasteiger partial charge in [-0.15, -0.1) is 0 Å². The van der Waals surface area contributed by atoms with Gasteiger partial charge in [-0.1, -0.05) is 12.1 Å². The Morgan fingerprint density at radius 1 is 1.57 bits per heavy atom. The molecule has 1 aromatic rings. The van der Waals surface area contributed by atoms with Crippen LogP contribution in [0.3, 0.4) is 0 Å².